The molecule has 2 heterocycles. The molecule has 0 aromatic heterocycles. The monoisotopic (exact) mass is 287 g/mol. The molecule has 0 bridgehead atoms. The van der Waals surface area contributed by atoms with E-state index < -0.39 is 0 Å². The zero-order valence-corrected chi connectivity index (χ0v) is 12.1. The van der Waals surface area contributed by atoms with E-state index in [9.17, 15) is 9.59 Å². The van der Waals surface area contributed by atoms with Crippen molar-refractivity contribution in [1.82, 2.24) is 5.32 Å². The molecule has 2 saturated heterocycles. The van der Waals surface area contributed by atoms with Gasteiger partial charge < -0.3 is 15.5 Å². The first-order chi connectivity index (χ1) is 10.3. The van der Waals surface area contributed by atoms with Crippen molar-refractivity contribution in [2.75, 3.05) is 29.9 Å². The lowest BCUT2D eigenvalue weighted by molar-refractivity contribution is -0.120. The maximum atomic E-state index is 12.4. The standard InChI is InChI=1S/C16H21N3O2/c20-15-8-4-10-19(15)14-7-2-1-6-13(14)18-16(21)12-5-3-9-17-11-12/h1-2,6-7,12,17H,3-5,8-11H2,(H,18,21)/t12-/m1/s1. The fourth-order valence-electron chi connectivity index (χ4n) is 3.03. The van der Waals surface area contributed by atoms with Gasteiger partial charge in [0.15, 0.2) is 0 Å². The van der Waals surface area contributed by atoms with Crippen LogP contribution in [0.3, 0.4) is 0 Å². The highest BCUT2D eigenvalue weighted by molar-refractivity contribution is 6.02. The Kier molecular flexibility index (Phi) is 4.20. The molecule has 0 radical (unpaired) electrons. The van der Waals surface area contributed by atoms with Crippen LogP contribution in [0.15, 0.2) is 24.3 Å². The first-order valence-electron chi connectivity index (χ1n) is 7.66. The van der Waals surface area contributed by atoms with Gasteiger partial charge in [0.1, 0.15) is 0 Å². The van der Waals surface area contributed by atoms with E-state index in [-0.39, 0.29) is 17.7 Å². The van der Waals surface area contributed by atoms with Crippen molar-refractivity contribution < 1.29 is 9.59 Å². The van der Waals surface area contributed by atoms with Crippen LogP contribution in [-0.4, -0.2) is 31.4 Å². The minimum atomic E-state index is 0.0149. The van der Waals surface area contributed by atoms with Gasteiger partial charge >= 0.3 is 0 Å². The number of para-hydroxylation sites is 2. The van der Waals surface area contributed by atoms with E-state index in [0.717, 1.165) is 50.3 Å². The Balaban J connectivity index is 1.75. The number of benzene rings is 1. The van der Waals surface area contributed by atoms with E-state index in [0.29, 0.717) is 6.42 Å². The van der Waals surface area contributed by atoms with Crippen LogP contribution < -0.4 is 15.5 Å². The number of carbonyl (C=O) groups is 2. The first kappa shape index (κ1) is 14.1. The van der Waals surface area contributed by atoms with Crippen molar-refractivity contribution in [3.8, 4) is 0 Å². The fourth-order valence-corrected chi connectivity index (χ4v) is 3.03. The molecule has 1 atom stereocenters. The molecule has 3 rings (SSSR count). The summed E-state index contributed by atoms with van der Waals surface area (Å²) in [5.74, 6) is 0.193. The topological polar surface area (TPSA) is 61.4 Å². The molecule has 21 heavy (non-hydrogen) atoms. The van der Waals surface area contributed by atoms with Crippen molar-refractivity contribution in [3.05, 3.63) is 24.3 Å². The van der Waals surface area contributed by atoms with Crippen LogP contribution in [0.25, 0.3) is 0 Å². The molecule has 112 valence electrons. The van der Waals surface area contributed by atoms with E-state index in [1.54, 1.807) is 4.90 Å². The van der Waals surface area contributed by atoms with E-state index >= 15 is 0 Å². The second-order valence-electron chi connectivity index (χ2n) is 5.70. The summed E-state index contributed by atoms with van der Waals surface area (Å²) >= 11 is 0. The molecule has 2 N–H and O–H groups in total. The van der Waals surface area contributed by atoms with Crippen molar-refractivity contribution in [2.45, 2.75) is 25.7 Å². The van der Waals surface area contributed by atoms with Crippen LogP contribution in [0.4, 0.5) is 11.4 Å². The number of carbonyl (C=O) groups excluding carboxylic acids is 2. The average molecular weight is 287 g/mol. The van der Waals surface area contributed by atoms with Gasteiger partial charge in [-0.15, -0.1) is 0 Å². The summed E-state index contributed by atoms with van der Waals surface area (Å²) < 4.78 is 0. The molecule has 0 spiro atoms. The van der Waals surface area contributed by atoms with Crippen molar-refractivity contribution >= 4 is 23.2 Å². The van der Waals surface area contributed by atoms with E-state index in [1.165, 1.54) is 0 Å². The van der Waals surface area contributed by atoms with E-state index in [2.05, 4.69) is 10.6 Å². The molecular formula is C16H21N3O2. The van der Waals surface area contributed by atoms with Gasteiger partial charge in [-0.3, -0.25) is 9.59 Å². The number of anilines is 2. The van der Waals surface area contributed by atoms with Gasteiger partial charge in [-0.25, -0.2) is 0 Å². The fraction of sp³-hybridized carbons (Fsp3) is 0.500. The van der Waals surface area contributed by atoms with Gasteiger partial charge in [0.05, 0.1) is 17.3 Å². The van der Waals surface area contributed by atoms with Gasteiger partial charge in [0.2, 0.25) is 11.8 Å². The predicted molar refractivity (Wildman–Crippen MR) is 82.3 cm³/mol. The molecule has 5 nitrogen and oxygen atoms in total. The third kappa shape index (κ3) is 3.08. The number of hydrogen-bond acceptors (Lipinski definition) is 3. The van der Waals surface area contributed by atoms with Gasteiger partial charge in [-0.1, -0.05) is 12.1 Å². The van der Waals surface area contributed by atoms with Gasteiger partial charge in [0, 0.05) is 19.5 Å². The van der Waals surface area contributed by atoms with Crippen LogP contribution in [-0.2, 0) is 9.59 Å². The quantitative estimate of drug-likeness (QED) is 0.890. The van der Waals surface area contributed by atoms with Gasteiger partial charge in [-0.2, -0.15) is 0 Å². The highest BCUT2D eigenvalue weighted by Crippen LogP contribution is 2.29. The normalized spacial score (nSPS) is 22.4. The zero-order valence-electron chi connectivity index (χ0n) is 12.1. The number of rotatable bonds is 3. The Labute approximate surface area is 124 Å². The summed E-state index contributed by atoms with van der Waals surface area (Å²) in [7, 11) is 0. The van der Waals surface area contributed by atoms with E-state index in [1.807, 2.05) is 24.3 Å². The van der Waals surface area contributed by atoms with Crippen molar-refractivity contribution in [2.24, 2.45) is 5.92 Å². The lowest BCUT2D eigenvalue weighted by Gasteiger charge is -2.24. The van der Waals surface area contributed by atoms with Gasteiger partial charge in [-0.05, 0) is 37.9 Å². The highest BCUT2D eigenvalue weighted by Gasteiger charge is 2.26. The van der Waals surface area contributed by atoms with Crippen LogP contribution >= 0.6 is 0 Å². The van der Waals surface area contributed by atoms with Crippen LogP contribution in [0.5, 0.6) is 0 Å². The molecule has 0 unspecified atom stereocenters. The highest BCUT2D eigenvalue weighted by atomic mass is 16.2. The second-order valence-corrected chi connectivity index (χ2v) is 5.70. The smallest absolute Gasteiger partial charge is 0.228 e. The van der Waals surface area contributed by atoms with Crippen molar-refractivity contribution in [1.29, 1.82) is 0 Å². The molecule has 1 aromatic carbocycles. The SMILES string of the molecule is O=C(Nc1ccccc1N1CCCC1=O)[C@@H]1CCCNC1. The molecule has 0 saturated carbocycles. The lowest BCUT2D eigenvalue weighted by Crippen LogP contribution is -2.37. The Bertz CT molecular complexity index is 538. The zero-order chi connectivity index (χ0) is 14.7. The summed E-state index contributed by atoms with van der Waals surface area (Å²) in [4.78, 5) is 26.1. The summed E-state index contributed by atoms with van der Waals surface area (Å²) in [6.45, 7) is 2.45. The summed E-state index contributed by atoms with van der Waals surface area (Å²) in [6, 6.07) is 7.56. The van der Waals surface area contributed by atoms with E-state index in [4.69, 9.17) is 0 Å². The number of piperidine rings is 1. The maximum absolute atomic E-state index is 12.4. The van der Waals surface area contributed by atoms with Crippen LogP contribution in [0.1, 0.15) is 25.7 Å². The average Bonchev–Trinajstić information content (AvgIpc) is 2.95. The summed E-state index contributed by atoms with van der Waals surface area (Å²) in [5.41, 5.74) is 1.56. The van der Waals surface area contributed by atoms with Crippen LogP contribution in [0, 0.1) is 5.92 Å². The summed E-state index contributed by atoms with van der Waals surface area (Å²) in [6.07, 6.45) is 3.43. The minimum Gasteiger partial charge on any atom is -0.324 e. The third-order valence-electron chi connectivity index (χ3n) is 4.19. The number of hydrogen-bond donors (Lipinski definition) is 2. The molecule has 2 aliphatic heterocycles. The Morgan fingerprint density at radius 3 is 2.86 bits per heavy atom. The predicted octanol–water partition coefficient (Wildman–Crippen LogP) is 1.75. The summed E-state index contributed by atoms with van der Waals surface area (Å²) in [5, 5.41) is 6.26. The first-order valence-corrected chi connectivity index (χ1v) is 7.66. The Hall–Kier alpha value is -1.88. The largest absolute Gasteiger partial charge is 0.324 e. The molecule has 5 heteroatoms. The minimum absolute atomic E-state index is 0.0149. The number of nitrogens with zero attached hydrogens (tertiary/aromatic N) is 1. The number of nitrogens with one attached hydrogen (secondary N) is 2. The number of amides is 2. The molecule has 0 aliphatic carbocycles. The maximum Gasteiger partial charge on any atom is 0.228 e. The second kappa shape index (κ2) is 6.26. The van der Waals surface area contributed by atoms with Crippen LogP contribution in [0.2, 0.25) is 0 Å². The van der Waals surface area contributed by atoms with Crippen molar-refractivity contribution in [3.63, 3.8) is 0 Å². The molecular weight excluding hydrogens is 266 g/mol. The molecule has 2 amide bonds. The Morgan fingerprint density at radius 2 is 2.14 bits per heavy atom. The third-order valence-corrected chi connectivity index (χ3v) is 4.19. The lowest BCUT2D eigenvalue weighted by atomic mass is 9.98. The molecule has 2 aliphatic rings. The van der Waals surface area contributed by atoms with Gasteiger partial charge in [0.25, 0.3) is 0 Å². The molecule has 1 aromatic rings. The Morgan fingerprint density at radius 1 is 1.29 bits per heavy atom. The molecule has 2 fully saturated rings.